The van der Waals surface area contributed by atoms with Crippen molar-refractivity contribution in [2.24, 2.45) is 5.73 Å². The molecule has 0 heterocycles. The molecule has 0 rings (SSSR count). The van der Waals surface area contributed by atoms with Crippen LogP contribution < -0.4 is 5.73 Å². The molecule has 0 fully saturated rings. The fraction of sp³-hybridized carbons (Fsp3) is 1.00. The topological polar surface area (TPSA) is 46.2 Å². The van der Waals surface area contributed by atoms with Crippen molar-refractivity contribution in [1.29, 1.82) is 0 Å². The van der Waals surface area contributed by atoms with Gasteiger partial charge in [-0.3, -0.25) is 0 Å². The van der Waals surface area contributed by atoms with E-state index in [1.165, 1.54) is 0 Å². The molecule has 0 atom stereocenters. The van der Waals surface area contributed by atoms with Crippen LogP contribution in [0.5, 0.6) is 0 Å². The maximum Gasteiger partial charge on any atom is 0.0793 e. The number of rotatable bonds is 3. The molecule has 50 valence electrons. The second-order valence-electron chi connectivity index (χ2n) is 1.68. The van der Waals surface area contributed by atoms with Crippen LogP contribution in [0.1, 0.15) is 6.42 Å². The standard InChI is InChI=1S/C4H11NOS2/c5-2-1-4(7,8)3-6/h6-8H,1-3,5H2. The Labute approximate surface area is 60.3 Å². The lowest BCUT2D eigenvalue weighted by atomic mass is 10.3. The van der Waals surface area contributed by atoms with Gasteiger partial charge in [0.2, 0.25) is 0 Å². The minimum Gasteiger partial charge on any atom is -0.394 e. The van der Waals surface area contributed by atoms with Gasteiger partial charge in [-0.1, -0.05) is 0 Å². The third-order valence-corrected chi connectivity index (χ3v) is 1.53. The molecule has 0 radical (unpaired) electrons. The van der Waals surface area contributed by atoms with Crippen molar-refractivity contribution < 1.29 is 5.11 Å². The summed E-state index contributed by atoms with van der Waals surface area (Å²) in [4.78, 5) is 0. The normalized spacial score (nSPS) is 12.0. The lowest BCUT2D eigenvalue weighted by Crippen LogP contribution is -2.22. The molecule has 0 spiro atoms. The van der Waals surface area contributed by atoms with Gasteiger partial charge in [-0.15, -0.1) is 0 Å². The number of aliphatic hydroxyl groups excluding tert-OH is 1. The minimum absolute atomic E-state index is 0.0452. The molecule has 0 aromatic heterocycles. The molecule has 0 amide bonds. The zero-order valence-corrected chi connectivity index (χ0v) is 6.33. The van der Waals surface area contributed by atoms with Crippen LogP contribution in [0.15, 0.2) is 0 Å². The van der Waals surface area contributed by atoms with Gasteiger partial charge in [0.1, 0.15) is 0 Å². The van der Waals surface area contributed by atoms with Crippen LogP contribution >= 0.6 is 25.3 Å². The van der Waals surface area contributed by atoms with Crippen LogP contribution in [0, 0.1) is 0 Å². The maximum absolute atomic E-state index is 8.52. The Kier molecular flexibility index (Phi) is 3.89. The second-order valence-corrected chi connectivity index (χ2v) is 3.74. The molecule has 0 saturated heterocycles. The van der Waals surface area contributed by atoms with Crippen LogP contribution in [0.4, 0.5) is 0 Å². The van der Waals surface area contributed by atoms with Gasteiger partial charge in [0.15, 0.2) is 0 Å². The summed E-state index contributed by atoms with van der Waals surface area (Å²) in [7, 11) is 0. The molecule has 0 aromatic carbocycles. The Morgan fingerprint density at radius 1 is 1.50 bits per heavy atom. The molecule has 3 N–H and O–H groups in total. The summed E-state index contributed by atoms with van der Waals surface area (Å²) in [5.41, 5.74) is 5.18. The van der Waals surface area contributed by atoms with Gasteiger partial charge in [0.25, 0.3) is 0 Å². The molecule has 0 saturated carbocycles. The lowest BCUT2D eigenvalue weighted by Gasteiger charge is -2.17. The van der Waals surface area contributed by atoms with Crippen LogP contribution in [-0.4, -0.2) is 22.3 Å². The van der Waals surface area contributed by atoms with Crippen LogP contribution in [0.3, 0.4) is 0 Å². The van der Waals surface area contributed by atoms with Gasteiger partial charge >= 0.3 is 0 Å². The molecule has 4 heteroatoms. The Hall–Kier alpha value is 0.620. The van der Waals surface area contributed by atoms with E-state index in [0.717, 1.165) is 0 Å². The molecule has 2 nitrogen and oxygen atoms in total. The molecule has 0 unspecified atom stereocenters. The van der Waals surface area contributed by atoms with E-state index >= 15 is 0 Å². The largest absolute Gasteiger partial charge is 0.394 e. The number of nitrogens with two attached hydrogens (primary N) is 1. The van der Waals surface area contributed by atoms with E-state index in [1.807, 2.05) is 0 Å². The summed E-state index contributed by atoms with van der Waals surface area (Å²) < 4.78 is -0.589. The van der Waals surface area contributed by atoms with Crippen molar-refractivity contribution in [3.63, 3.8) is 0 Å². The van der Waals surface area contributed by atoms with Gasteiger partial charge in [-0.25, -0.2) is 0 Å². The fourth-order valence-electron chi connectivity index (χ4n) is 0.310. The molecule has 0 bridgehead atoms. The molecular formula is C4H11NOS2. The van der Waals surface area contributed by atoms with Crippen molar-refractivity contribution in [2.75, 3.05) is 13.2 Å². The van der Waals surface area contributed by atoms with E-state index in [9.17, 15) is 0 Å². The van der Waals surface area contributed by atoms with E-state index in [4.69, 9.17) is 10.8 Å². The zero-order valence-electron chi connectivity index (χ0n) is 4.54. The summed E-state index contributed by atoms with van der Waals surface area (Å²) in [6, 6.07) is 0. The van der Waals surface area contributed by atoms with Crippen molar-refractivity contribution in [1.82, 2.24) is 0 Å². The number of hydrogen-bond donors (Lipinski definition) is 4. The smallest absolute Gasteiger partial charge is 0.0793 e. The first-order valence-corrected chi connectivity index (χ1v) is 3.27. The third-order valence-electron chi connectivity index (χ3n) is 0.798. The van der Waals surface area contributed by atoms with Gasteiger partial charge in [0.05, 0.1) is 10.7 Å². The summed E-state index contributed by atoms with van der Waals surface area (Å²) in [6.07, 6.45) is 0.621. The molecular weight excluding hydrogens is 142 g/mol. The Balaban J connectivity index is 3.37. The van der Waals surface area contributed by atoms with E-state index in [2.05, 4.69) is 25.3 Å². The zero-order chi connectivity index (χ0) is 6.62. The highest BCUT2D eigenvalue weighted by Gasteiger charge is 2.16. The SMILES string of the molecule is NCCC(S)(S)CO. The van der Waals surface area contributed by atoms with Crippen LogP contribution in [-0.2, 0) is 0 Å². The maximum atomic E-state index is 8.52. The molecule has 0 aliphatic heterocycles. The monoisotopic (exact) mass is 153 g/mol. The van der Waals surface area contributed by atoms with Gasteiger partial charge in [-0.05, 0) is 13.0 Å². The highest BCUT2D eigenvalue weighted by molar-refractivity contribution is 8.00. The van der Waals surface area contributed by atoms with Crippen LogP contribution in [0.25, 0.3) is 0 Å². The molecule has 0 aliphatic carbocycles. The van der Waals surface area contributed by atoms with Crippen molar-refractivity contribution >= 4 is 25.3 Å². The molecule has 0 aliphatic rings. The Morgan fingerprint density at radius 3 is 2.12 bits per heavy atom. The quantitative estimate of drug-likeness (QED) is 0.337. The van der Waals surface area contributed by atoms with E-state index in [0.29, 0.717) is 13.0 Å². The van der Waals surface area contributed by atoms with Crippen molar-refractivity contribution in [3.05, 3.63) is 0 Å². The number of thiol groups is 2. The predicted molar refractivity (Wildman–Crippen MR) is 41.5 cm³/mol. The first kappa shape index (κ1) is 8.62. The Bertz CT molecular complexity index is 67.1. The first-order valence-electron chi connectivity index (χ1n) is 2.38. The second kappa shape index (κ2) is 3.61. The molecule has 8 heavy (non-hydrogen) atoms. The average Bonchev–Trinajstić information content (AvgIpc) is 1.67. The van der Waals surface area contributed by atoms with Crippen molar-refractivity contribution in [2.45, 2.75) is 10.5 Å². The van der Waals surface area contributed by atoms with E-state index < -0.39 is 4.08 Å². The average molecular weight is 153 g/mol. The minimum atomic E-state index is -0.589. The van der Waals surface area contributed by atoms with Gasteiger partial charge < -0.3 is 10.8 Å². The third kappa shape index (κ3) is 3.60. The van der Waals surface area contributed by atoms with E-state index in [1.54, 1.807) is 0 Å². The summed E-state index contributed by atoms with van der Waals surface area (Å²) >= 11 is 8.00. The van der Waals surface area contributed by atoms with Gasteiger partial charge in [-0.2, -0.15) is 25.3 Å². The first-order chi connectivity index (χ1) is 3.62. The highest BCUT2D eigenvalue weighted by Crippen LogP contribution is 2.21. The number of aliphatic hydroxyl groups is 1. The Morgan fingerprint density at radius 2 is 2.00 bits per heavy atom. The van der Waals surface area contributed by atoms with E-state index in [-0.39, 0.29) is 6.61 Å². The lowest BCUT2D eigenvalue weighted by molar-refractivity contribution is 0.282. The summed E-state index contributed by atoms with van der Waals surface area (Å²) in [5, 5.41) is 8.52. The predicted octanol–water partition coefficient (Wildman–Crippen LogP) is -0.117. The van der Waals surface area contributed by atoms with Gasteiger partial charge in [0, 0.05) is 0 Å². The van der Waals surface area contributed by atoms with Crippen molar-refractivity contribution in [3.8, 4) is 0 Å². The molecule has 0 aromatic rings. The highest BCUT2D eigenvalue weighted by atomic mass is 32.2. The fourth-order valence-corrected chi connectivity index (χ4v) is 0.568. The summed E-state index contributed by atoms with van der Waals surface area (Å²) in [6.45, 7) is 0.462. The number of hydrogen-bond acceptors (Lipinski definition) is 4. The van der Waals surface area contributed by atoms with Crippen LogP contribution in [0.2, 0.25) is 0 Å². The summed E-state index contributed by atoms with van der Waals surface area (Å²) in [5.74, 6) is 0.